The average molecular weight is 509 g/mol. The molecule has 0 bridgehead atoms. The van der Waals surface area contributed by atoms with Crippen molar-refractivity contribution >= 4 is 34.2 Å². The molecule has 180 valence electrons. The highest BCUT2D eigenvalue weighted by atomic mass is 32.2. The normalized spacial score (nSPS) is 19.0. The van der Waals surface area contributed by atoms with Crippen LogP contribution in [0.5, 0.6) is 11.5 Å². The van der Waals surface area contributed by atoms with Crippen LogP contribution in [0.1, 0.15) is 32.3 Å². The Bertz CT molecular complexity index is 1330. The topological polar surface area (TPSA) is 104 Å². The molecular weight excluding hydrogens is 484 g/mol. The number of rotatable bonds is 7. The fraction of sp³-hybridized carbons (Fsp3) is 0.292. The van der Waals surface area contributed by atoms with Crippen LogP contribution in [0.15, 0.2) is 64.9 Å². The number of hydrogen-bond donors (Lipinski definition) is 1. The van der Waals surface area contributed by atoms with Crippen LogP contribution in [0, 0.1) is 6.92 Å². The van der Waals surface area contributed by atoms with Crippen molar-refractivity contribution in [3.05, 3.63) is 66.5 Å². The minimum absolute atomic E-state index is 0.377. The summed E-state index contributed by atoms with van der Waals surface area (Å²) < 4.78 is 22.5. The summed E-state index contributed by atoms with van der Waals surface area (Å²) in [6.45, 7) is 7.95. The van der Waals surface area contributed by atoms with Crippen molar-refractivity contribution in [1.82, 2.24) is 24.3 Å². The first-order chi connectivity index (χ1) is 16.8. The van der Waals surface area contributed by atoms with E-state index in [1.165, 1.54) is 23.3 Å². The summed E-state index contributed by atoms with van der Waals surface area (Å²) in [5.41, 5.74) is 0.0521. The van der Waals surface area contributed by atoms with Gasteiger partial charge in [0.2, 0.25) is 5.13 Å². The fourth-order valence-electron chi connectivity index (χ4n) is 3.49. The second-order valence-corrected chi connectivity index (χ2v) is 10.4. The van der Waals surface area contributed by atoms with Gasteiger partial charge in [-0.25, -0.2) is 15.0 Å². The maximum absolute atomic E-state index is 6.24. The molecule has 35 heavy (non-hydrogen) atoms. The van der Waals surface area contributed by atoms with Crippen molar-refractivity contribution in [2.75, 3.05) is 11.9 Å². The Morgan fingerprint density at radius 1 is 1.06 bits per heavy atom. The third kappa shape index (κ3) is 5.43. The summed E-state index contributed by atoms with van der Waals surface area (Å²) >= 11 is 2.72. The lowest BCUT2D eigenvalue weighted by molar-refractivity contribution is -0.160. The molecule has 1 fully saturated rings. The molecule has 4 aromatic heterocycles. The van der Waals surface area contributed by atoms with E-state index in [1.54, 1.807) is 18.6 Å². The Hall–Kier alpha value is -3.12. The minimum atomic E-state index is -0.720. The van der Waals surface area contributed by atoms with Gasteiger partial charge in [-0.1, -0.05) is 17.8 Å². The highest BCUT2D eigenvalue weighted by molar-refractivity contribution is 7.99. The van der Waals surface area contributed by atoms with Crippen LogP contribution in [0.3, 0.4) is 0 Å². The molecule has 1 N–H and O–H groups in total. The Morgan fingerprint density at radius 3 is 2.66 bits per heavy atom. The van der Waals surface area contributed by atoms with E-state index in [1.807, 2.05) is 64.1 Å². The monoisotopic (exact) mass is 508 g/mol. The number of anilines is 2. The lowest BCUT2D eigenvalue weighted by Gasteiger charge is -2.22. The van der Waals surface area contributed by atoms with Gasteiger partial charge in [0.15, 0.2) is 28.8 Å². The molecule has 1 aliphatic heterocycles. The van der Waals surface area contributed by atoms with Crippen LogP contribution in [-0.2, 0) is 15.1 Å². The largest absolute Gasteiger partial charge is 0.452 e. The van der Waals surface area contributed by atoms with Crippen LogP contribution >= 0.6 is 23.3 Å². The van der Waals surface area contributed by atoms with Gasteiger partial charge in [-0.05, 0) is 52.0 Å². The van der Waals surface area contributed by atoms with Gasteiger partial charge in [-0.15, -0.1) is 0 Å². The zero-order valence-electron chi connectivity index (χ0n) is 19.7. The minimum Gasteiger partial charge on any atom is -0.452 e. The highest BCUT2D eigenvalue weighted by Gasteiger charge is 2.46. The molecule has 0 aromatic carbocycles. The lowest BCUT2D eigenvalue weighted by atomic mass is 10.1. The molecule has 4 aromatic rings. The number of pyridine rings is 3. The van der Waals surface area contributed by atoms with Gasteiger partial charge >= 0.3 is 0 Å². The van der Waals surface area contributed by atoms with Crippen LogP contribution < -0.4 is 10.1 Å². The summed E-state index contributed by atoms with van der Waals surface area (Å²) in [6, 6.07) is 11.4. The summed E-state index contributed by atoms with van der Waals surface area (Å²) in [6.07, 6.45) is 5.26. The van der Waals surface area contributed by atoms with Crippen molar-refractivity contribution < 1.29 is 14.2 Å². The maximum atomic E-state index is 6.24. The molecule has 0 aliphatic carbocycles. The SMILES string of the molecule is Cc1ncccc1Oc1cc(Sc2ccccn2)cnc1Nc1nc([C@@]2(C)COC(C)(C)O2)ns1. The Balaban J connectivity index is 1.43. The third-order valence-electron chi connectivity index (χ3n) is 5.16. The van der Waals surface area contributed by atoms with Crippen molar-refractivity contribution in [1.29, 1.82) is 0 Å². The molecule has 1 aliphatic rings. The molecule has 0 saturated carbocycles. The standard InChI is InChI=1S/C24H24N6O3S2/c1-15-17(8-7-11-25-15)32-18-12-16(34-19-9-5-6-10-26-19)13-27-20(18)28-22-29-21(30-35-22)24(4)14-31-23(2,3)33-24/h5-13H,14H2,1-4H3,(H,27,28,29,30)/t24-/m1/s1. The zero-order chi connectivity index (χ0) is 24.5. The zero-order valence-corrected chi connectivity index (χ0v) is 21.3. The number of nitrogens with one attached hydrogen (secondary N) is 1. The fourth-order valence-corrected chi connectivity index (χ4v) is 4.94. The Morgan fingerprint density at radius 2 is 1.91 bits per heavy atom. The Kier molecular flexibility index (Phi) is 6.41. The lowest BCUT2D eigenvalue weighted by Crippen LogP contribution is -2.29. The van der Waals surface area contributed by atoms with Crippen LogP contribution in [-0.4, -0.2) is 36.7 Å². The number of aryl methyl sites for hydroxylation is 1. The first kappa shape index (κ1) is 23.6. The van der Waals surface area contributed by atoms with E-state index in [2.05, 4.69) is 29.6 Å². The maximum Gasteiger partial charge on any atom is 0.208 e. The number of hydrogen-bond acceptors (Lipinski definition) is 11. The molecule has 0 amide bonds. The molecule has 0 spiro atoms. The van der Waals surface area contributed by atoms with Gasteiger partial charge in [0.1, 0.15) is 10.8 Å². The molecule has 0 radical (unpaired) electrons. The summed E-state index contributed by atoms with van der Waals surface area (Å²) in [4.78, 5) is 18.9. The highest BCUT2D eigenvalue weighted by Crippen LogP contribution is 2.39. The van der Waals surface area contributed by atoms with Crippen LogP contribution in [0.4, 0.5) is 10.9 Å². The smallest absolute Gasteiger partial charge is 0.208 e. The van der Waals surface area contributed by atoms with E-state index >= 15 is 0 Å². The van der Waals surface area contributed by atoms with Crippen LogP contribution in [0.2, 0.25) is 0 Å². The van der Waals surface area contributed by atoms with E-state index in [9.17, 15) is 0 Å². The van der Waals surface area contributed by atoms with Gasteiger partial charge in [-0.3, -0.25) is 4.98 Å². The van der Waals surface area contributed by atoms with E-state index in [4.69, 9.17) is 14.2 Å². The van der Waals surface area contributed by atoms with Crippen LogP contribution in [0.25, 0.3) is 0 Å². The van der Waals surface area contributed by atoms with Gasteiger partial charge in [0.25, 0.3) is 0 Å². The van der Waals surface area contributed by atoms with E-state index in [-0.39, 0.29) is 0 Å². The van der Waals surface area contributed by atoms with Crippen molar-refractivity contribution in [3.8, 4) is 11.5 Å². The predicted octanol–water partition coefficient (Wildman–Crippen LogP) is 5.72. The number of aromatic nitrogens is 5. The Labute approximate surface area is 211 Å². The van der Waals surface area contributed by atoms with Gasteiger partial charge in [0.05, 0.1) is 12.3 Å². The van der Waals surface area contributed by atoms with E-state index in [0.29, 0.717) is 34.9 Å². The van der Waals surface area contributed by atoms with Gasteiger partial charge < -0.3 is 19.5 Å². The van der Waals surface area contributed by atoms with Crippen molar-refractivity contribution in [3.63, 3.8) is 0 Å². The van der Waals surface area contributed by atoms with Gasteiger partial charge in [0, 0.05) is 41.1 Å². The molecule has 5 heterocycles. The molecule has 0 unspecified atom stereocenters. The van der Waals surface area contributed by atoms with Gasteiger partial charge in [-0.2, -0.15) is 4.37 Å². The number of nitrogens with zero attached hydrogens (tertiary/aromatic N) is 5. The van der Waals surface area contributed by atoms with Crippen molar-refractivity contribution in [2.45, 2.75) is 49.0 Å². The molecule has 1 saturated heterocycles. The summed E-state index contributed by atoms with van der Waals surface area (Å²) in [7, 11) is 0. The first-order valence-electron chi connectivity index (χ1n) is 10.9. The average Bonchev–Trinajstić information content (AvgIpc) is 3.42. The molecule has 9 nitrogen and oxygen atoms in total. The second-order valence-electron chi connectivity index (χ2n) is 8.55. The van der Waals surface area contributed by atoms with Crippen molar-refractivity contribution in [2.24, 2.45) is 0 Å². The predicted molar refractivity (Wildman–Crippen MR) is 133 cm³/mol. The van der Waals surface area contributed by atoms with E-state index < -0.39 is 11.4 Å². The third-order valence-corrected chi connectivity index (χ3v) is 6.70. The number of ether oxygens (including phenoxy) is 3. The first-order valence-corrected chi connectivity index (χ1v) is 12.5. The quantitative estimate of drug-likeness (QED) is 0.333. The summed E-state index contributed by atoms with van der Waals surface area (Å²) in [5, 5.41) is 4.68. The molecule has 5 rings (SSSR count). The molecular formula is C24H24N6O3S2. The molecule has 1 atom stereocenters. The molecule has 11 heteroatoms. The van der Waals surface area contributed by atoms with E-state index in [0.717, 1.165) is 15.6 Å². The second kappa shape index (κ2) is 9.50. The summed E-state index contributed by atoms with van der Waals surface area (Å²) in [5.74, 6) is 1.56.